The van der Waals surface area contributed by atoms with E-state index in [1.54, 1.807) is 12.1 Å². The highest BCUT2D eigenvalue weighted by Gasteiger charge is 2.23. The summed E-state index contributed by atoms with van der Waals surface area (Å²) in [4.78, 5) is -0.646. The summed E-state index contributed by atoms with van der Waals surface area (Å²) in [6.07, 6.45) is 0. The number of rotatable bonds is 4. The molecule has 2 aromatic carbocycles. The van der Waals surface area contributed by atoms with Crippen LogP contribution in [0.4, 0.5) is 10.1 Å². The average molecular weight is 420 g/mol. The summed E-state index contributed by atoms with van der Waals surface area (Å²) in [5.41, 5.74) is 0.101. The number of nitriles is 1. The molecule has 0 saturated heterocycles. The fraction of sp³-hybridized carbons (Fsp3) is 0.0714. The van der Waals surface area contributed by atoms with Crippen LogP contribution in [-0.2, 0) is 10.0 Å². The maximum absolute atomic E-state index is 14.0. The van der Waals surface area contributed by atoms with Crippen molar-refractivity contribution in [1.82, 2.24) is 0 Å². The first-order valence-corrected chi connectivity index (χ1v) is 8.70. The summed E-state index contributed by atoms with van der Waals surface area (Å²) < 4.78 is 46.2. The SMILES string of the molecule is COc1cc(F)c(S(=O)(=O)Nc2cccc(Br)c2C#N)cc1Cl. The molecule has 0 saturated carbocycles. The van der Waals surface area contributed by atoms with Crippen LogP contribution in [0.3, 0.4) is 0 Å². The molecule has 0 amide bonds. The van der Waals surface area contributed by atoms with E-state index >= 15 is 0 Å². The molecule has 0 aliphatic carbocycles. The van der Waals surface area contributed by atoms with E-state index in [4.69, 9.17) is 21.6 Å². The van der Waals surface area contributed by atoms with Crippen molar-refractivity contribution in [1.29, 1.82) is 5.26 Å². The molecule has 1 N–H and O–H groups in total. The van der Waals surface area contributed by atoms with Gasteiger partial charge in [-0.3, -0.25) is 4.72 Å². The molecule has 0 spiro atoms. The molecule has 0 aliphatic rings. The van der Waals surface area contributed by atoms with Crippen molar-refractivity contribution in [3.63, 3.8) is 0 Å². The van der Waals surface area contributed by atoms with Gasteiger partial charge in [-0.1, -0.05) is 17.7 Å². The van der Waals surface area contributed by atoms with Gasteiger partial charge in [0, 0.05) is 10.5 Å². The molecule has 0 aliphatic heterocycles. The fourth-order valence-electron chi connectivity index (χ4n) is 1.80. The first kappa shape index (κ1) is 17.5. The molecule has 23 heavy (non-hydrogen) atoms. The number of sulfonamides is 1. The van der Waals surface area contributed by atoms with E-state index in [-0.39, 0.29) is 22.0 Å². The van der Waals surface area contributed by atoms with Crippen molar-refractivity contribution in [2.24, 2.45) is 0 Å². The van der Waals surface area contributed by atoms with Crippen LogP contribution in [0.2, 0.25) is 5.02 Å². The fourth-order valence-corrected chi connectivity index (χ4v) is 3.71. The second-order valence-corrected chi connectivity index (χ2v) is 7.21. The van der Waals surface area contributed by atoms with E-state index in [2.05, 4.69) is 20.7 Å². The number of nitrogens with zero attached hydrogens (tertiary/aromatic N) is 1. The zero-order valence-corrected chi connectivity index (χ0v) is 14.8. The van der Waals surface area contributed by atoms with Gasteiger partial charge in [0.25, 0.3) is 10.0 Å². The Morgan fingerprint density at radius 2 is 2.09 bits per heavy atom. The molecule has 0 radical (unpaired) electrons. The van der Waals surface area contributed by atoms with Gasteiger partial charge in [-0.15, -0.1) is 0 Å². The van der Waals surface area contributed by atoms with Gasteiger partial charge in [0.1, 0.15) is 22.5 Å². The van der Waals surface area contributed by atoms with Crippen LogP contribution < -0.4 is 9.46 Å². The lowest BCUT2D eigenvalue weighted by atomic mass is 10.2. The Labute approximate surface area is 145 Å². The van der Waals surface area contributed by atoms with E-state index in [1.165, 1.54) is 13.2 Å². The molecule has 2 rings (SSSR count). The number of methoxy groups -OCH3 is 1. The molecular weight excluding hydrogens is 411 g/mol. The van der Waals surface area contributed by atoms with Crippen LogP contribution in [0.15, 0.2) is 39.7 Å². The molecule has 5 nitrogen and oxygen atoms in total. The van der Waals surface area contributed by atoms with Crippen molar-refractivity contribution in [3.8, 4) is 11.8 Å². The molecule has 9 heteroatoms. The quantitative estimate of drug-likeness (QED) is 0.814. The van der Waals surface area contributed by atoms with Gasteiger partial charge in [-0.25, -0.2) is 12.8 Å². The third kappa shape index (κ3) is 3.58. The van der Waals surface area contributed by atoms with E-state index in [9.17, 15) is 12.8 Å². The molecule has 0 unspecified atom stereocenters. The summed E-state index contributed by atoms with van der Waals surface area (Å²) >= 11 is 9.00. The summed E-state index contributed by atoms with van der Waals surface area (Å²) in [6, 6.07) is 8.21. The van der Waals surface area contributed by atoms with Crippen LogP contribution in [0.25, 0.3) is 0 Å². The van der Waals surface area contributed by atoms with E-state index < -0.39 is 20.7 Å². The second-order valence-electron chi connectivity index (χ2n) is 4.30. The van der Waals surface area contributed by atoms with Gasteiger partial charge in [0.05, 0.1) is 23.4 Å². The first-order chi connectivity index (χ1) is 10.8. The maximum Gasteiger partial charge on any atom is 0.264 e. The lowest BCUT2D eigenvalue weighted by molar-refractivity contribution is 0.410. The highest BCUT2D eigenvalue weighted by Crippen LogP contribution is 2.31. The Balaban J connectivity index is 2.51. The van der Waals surface area contributed by atoms with Gasteiger partial charge >= 0.3 is 0 Å². The normalized spacial score (nSPS) is 10.9. The minimum absolute atomic E-state index is 0.0169. The third-order valence-electron chi connectivity index (χ3n) is 2.87. The Bertz CT molecular complexity index is 913. The molecule has 0 heterocycles. The number of ether oxygens (including phenoxy) is 1. The van der Waals surface area contributed by atoms with E-state index in [0.29, 0.717) is 4.47 Å². The molecule has 0 aromatic heterocycles. The lowest BCUT2D eigenvalue weighted by Gasteiger charge is -2.12. The van der Waals surface area contributed by atoms with Crippen molar-refractivity contribution in [3.05, 3.63) is 51.2 Å². The van der Waals surface area contributed by atoms with Gasteiger partial charge < -0.3 is 4.74 Å². The van der Waals surface area contributed by atoms with Gasteiger partial charge in [0.15, 0.2) is 0 Å². The Kier molecular flexibility index (Phi) is 5.14. The van der Waals surface area contributed by atoms with Gasteiger partial charge in [-0.05, 0) is 34.1 Å². The van der Waals surface area contributed by atoms with Gasteiger partial charge in [-0.2, -0.15) is 5.26 Å². The van der Waals surface area contributed by atoms with Crippen LogP contribution in [0.5, 0.6) is 5.75 Å². The monoisotopic (exact) mass is 418 g/mol. The number of benzene rings is 2. The summed E-state index contributed by atoms with van der Waals surface area (Å²) in [5, 5.41) is 9.06. The second kappa shape index (κ2) is 6.74. The van der Waals surface area contributed by atoms with Crippen molar-refractivity contribution in [2.45, 2.75) is 4.90 Å². The summed E-state index contributed by atoms with van der Waals surface area (Å²) in [5.74, 6) is -1.00. The molecule has 0 bridgehead atoms. The zero-order valence-electron chi connectivity index (χ0n) is 11.6. The number of hydrogen-bond acceptors (Lipinski definition) is 4. The Hall–Kier alpha value is -1.82. The Morgan fingerprint density at radius 3 is 2.70 bits per heavy atom. The van der Waals surface area contributed by atoms with Crippen molar-refractivity contribution >= 4 is 43.2 Å². The Morgan fingerprint density at radius 1 is 1.39 bits per heavy atom. The van der Waals surface area contributed by atoms with E-state index in [0.717, 1.165) is 12.1 Å². The summed E-state index contributed by atoms with van der Waals surface area (Å²) in [7, 11) is -2.99. The topological polar surface area (TPSA) is 79.2 Å². The smallest absolute Gasteiger partial charge is 0.264 e. The minimum Gasteiger partial charge on any atom is -0.495 e. The molecule has 120 valence electrons. The maximum atomic E-state index is 14.0. The predicted molar refractivity (Wildman–Crippen MR) is 87.6 cm³/mol. The number of halogens is 3. The van der Waals surface area contributed by atoms with Crippen LogP contribution in [0, 0.1) is 17.1 Å². The predicted octanol–water partition coefficient (Wildman–Crippen LogP) is 3.92. The molecule has 2 aromatic rings. The highest BCUT2D eigenvalue weighted by molar-refractivity contribution is 9.10. The zero-order chi connectivity index (χ0) is 17.2. The largest absolute Gasteiger partial charge is 0.495 e. The standard InChI is InChI=1S/C14H9BrClFN2O3S/c1-22-13-6-11(17)14(5-10(13)16)23(20,21)19-12-4-2-3-9(15)8(12)7-18/h2-6,19H,1H3. The summed E-state index contributed by atoms with van der Waals surface area (Å²) in [6.45, 7) is 0. The number of hydrogen-bond donors (Lipinski definition) is 1. The highest BCUT2D eigenvalue weighted by atomic mass is 79.9. The molecule has 0 fully saturated rings. The first-order valence-electron chi connectivity index (χ1n) is 6.04. The third-order valence-corrected chi connectivity index (χ3v) is 5.20. The molecular formula is C14H9BrClFN2O3S. The van der Waals surface area contributed by atoms with E-state index in [1.807, 2.05) is 6.07 Å². The minimum atomic E-state index is -4.28. The molecule has 0 atom stereocenters. The van der Waals surface area contributed by atoms with Crippen LogP contribution in [-0.4, -0.2) is 15.5 Å². The van der Waals surface area contributed by atoms with Gasteiger partial charge in [0.2, 0.25) is 0 Å². The van der Waals surface area contributed by atoms with Crippen LogP contribution in [0.1, 0.15) is 5.56 Å². The number of nitrogens with one attached hydrogen (secondary N) is 1. The average Bonchev–Trinajstić information content (AvgIpc) is 2.49. The van der Waals surface area contributed by atoms with Crippen molar-refractivity contribution in [2.75, 3.05) is 11.8 Å². The number of anilines is 1. The van der Waals surface area contributed by atoms with Crippen LogP contribution >= 0.6 is 27.5 Å². The van der Waals surface area contributed by atoms with Crippen molar-refractivity contribution < 1.29 is 17.5 Å². The lowest BCUT2D eigenvalue weighted by Crippen LogP contribution is -2.15.